The van der Waals surface area contributed by atoms with Crippen molar-refractivity contribution in [3.05, 3.63) is 0 Å². The second kappa shape index (κ2) is 3.66. The molecule has 1 amide bonds. The van der Waals surface area contributed by atoms with Crippen LogP contribution in [0.4, 0.5) is 0 Å². The number of rotatable bonds is 3. The lowest BCUT2D eigenvalue weighted by molar-refractivity contribution is -0.143. The van der Waals surface area contributed by atoms with Gasteiger partial charge in [0.1, 0.15) is 0 Å². The van der Waals surface area contributed by atoms with Crippen molar-refractivity contribution >= 4 is 5.91 Å². The standard InChI is InChI=1S/C10H19NO2/c1-10(2,7-12)11(3)9(13)8-5-4-6-8/h8,12H,4-7H2,1-3H3. The van der Waals surface area contributed by atoms with Crippen LogP contribution in [-0.4, -0.2) is 35.1 Å². The Labute approximate surface area is 79.7 Å². The second-order valence-electron chi connectivity index (χ2n) is 4.50. The lowest BCUT2D eigenvalue weighted by Crippen LogP contribution is -2.50. The van der Waals surface area contributed by atoms with Gasteiger partial charge in [-0.25, -0.2) is 0 Å². The topological polar surface area (TPSA) is 40.5 Å². The number of hydrogen-bond acceptors (Lipinski definition) is 2. The van der Waals surface area contributed by atoms with Gasteiger partial charge in [-0.05, 0) is 26.7 Å². The third kappa shape index (κ3) is 2.02. The fourth-order valence-electron chi connectivity index (χ4n) is 1.33. The van der Waals surface area contributed by atoms with Gasteiger partial charge in [0.05, 0.1) is 12.1 Å². The van der Waals surface area contributed by atoms with Crippen LogP contribution in [0, 0.1) is 5.92 Å². The van der Waals surface area contributed by atoms with Gasteiger partial charge in [-0.2, -0.15) is 0 Å². The van der Waals surface area contributed by atoms with E-state index in [9.17, 15) is 4.79 Å². The number of hydrogen-bond donors (Lipinski definition) is 1. The van der Waals surface area contributed by atoms with E-state index < -0.39 is 5.54 Å². The molecular weight excluding hydrogens is 166 g/mol. The van der Waals surface area contributed by atoms with Gasteiger partial charge in [0, 0.05) is 13.0 Å². The summed E-state index contributed by atoms with van der Waals surface area (Å²) in [6, 6.07) is 0. The van der Waals surface area contributed by atoms with Crippen LogP contribution in [0.3, 0.4) is 0 Å². The molecule has 1 aliphatic carbocycles. The van der Waals surface area contributed by atoms with Crippen LogP contribution in [-0.2, 0) is 4.79 Å². The van der Waals surface area contributed by atoms with Crippen molar-refractivity contribution in [2.24, 2.45) is 5.92 Å². The first-order valence-corrected chi connectivity index (χ1v) is 4.87. The van der Waals surface area contributed by atoms with Gasteiger partial charge in [0.2, 0.25) is 5.91 Å². The number of carbonyl (C=O) groups excluding carboxylic acids is 1. The molecule has 0 radical (unpaired) electrons. The van der Waals surface area contributed by atoms with Gasteiger partial charge in [-0.15, -0.1) is 0 Å². The van der Waals surface area contributed by atoms with Crippen LogP contribution in [0.15, 0.2) is 0 Å². The Morgan fingerprint density at radius 3 is 2.38 bits per heavy atom. The molecule has 1 rings (SSSR count). The predicted octanol–water partition coefficient (Wildman–Crippen LogP) is 1.02. The molecule has 0 aliphatic heterocycles. The van der Waals surface area contributed by atoms with E-state index in [1.54, 1.807) is 11.9 Å². The minimum atomic E-state index is -0.424. The molecule has 0 aromatic heterocycles. The average molecular weight is 185 g/mol. The molecular formula is C10H19NO2. The molecule has 1 saturated carbocycles. The van der Waals surface area contributed by atoms with E-state index in [2.05, 4.69) is 0 Å². The van der Waals surface area contributed by atoms with Gasteiger partial charge in [0.25, 0.3) is 0 Å². The first-order chi connectivity index (χ1) is 5.99. The maximum atomic E-state index is 11.7. The summed E-state index contributed by atoms with van der Waals surface area (Å²) in [6.07, 6.45) is 3.21. The zero-order chi connectivity index (χ0) is 10.1. The van der Waals surface area contributed by atoms with Gasteiger partial charge in [0.15, 0.2) is 0 Å². The average Bonchev–Trinajstić information content (AvgIpc) is 1.99. The number of carbonyl (C=O) groups is 1. The van der Waals surface area contributed by atoms with Crippen molar-refractivity contribution in [1.82, 2.24) is 4.90 Å². The zero-order valence-electron chi connectivity index (χ0n) is 8.71. The highest BCUT2D eigenvalue weighted by Crippen LogP contribution is 2.29. The third-order valence-electron chi connectivity index (χ3n) is 3.08. The molecule has 13 heavy (non-hydrogen) atoms. The number of aliphatic hydroxyl groups is 1. The van der Waals surface area contributed by atoms with E-state index in [-0.39, 0.29) is 18.4 Å². The molecule has 0 spiro atoms. The zero-order valence-corrected chi connectivity index (χ0v) is 8.71. The number of nitrogens with zero attached hydrogens (tertiary/aromatic N) is 1. The van der Waals surface area contributed by atoms with Crippen LogP contribution >= 0.6 is 0 Å². The Morgan fingerprint density at radius 2 is 2.08 bits per heavy atom. The molecule has 0 atom stereocenters. The monoisotopic (exact) mass is 185 g/mol. The van der Waals surface area contributed by atoms with Crippen LogP contribution in [0.2, 0.25) is 0 Å². The van der Waals surface area contributed by atoms with Crippen molar-refractivity contribution in [2.75, 3.05) is 13.7 Å². The van der Waals surface area contributed by atoms with E-state index in [0.717, 1.165) is 12.8 Å². The predicted molar refractivity (Wildman–Crippen MR) is 51.3 cm³/mol. The molecule has 0 saturated heterocycles. The number of aliphatic hydroxyl groups excluding tert-OH is 1. The Morgan fingerprint density at radius 1 is 1.54 bits per heavy atom. The van der Waals surface area contributed by atoms with Crippen molar-refractivity contribution < 1.29 is 9.90 Å². The smallest absolute Gasteiger partial charge is 0.225 e. The molecule has 3 nitrogen and oxygen atoms in total. The van der Waals surface area contributed by atoms with E-state index in [1.807, 2.05) is 13.8 Å². The molecule has 0 heterocycles. The summed E-state index contributed by atoms with van der Waals surface area (Å²) in [4.78, 5) is 13.4. The summed E-state index contributed by atoms with van der Waals surface area (Å²) in [5.74, 6) is 0.404. The summed E-state index contributed by atoms with van der Waals surface area (Å²) in [7, 11) is 1.77. The summed E-state index contributed by atoms with van der Waals surface area (Å²) in [5, 5.41) is 9.09. The number of likely N-dealkylation sites (N-methyl/N-ethyl adjacent to an activating group) is 1. The molecule has 1 fully saturated rings. The summed E-state index contributed by atoms with van der Waals surface area (Å²) < 4.78 is 0. The summed E-state index contributed by atoms with van der Waals surface area (Å²) >= 11 is 0. The van der Waals surface area contributed by atoms with Crippen LogP contribution < -0.4 is 0 Å². The fraction of sp³-hybridized carbons (Fsp3) is 0.900. The van der Waals surface area contributed by atoms with Gasteiger partial charge >= 0.3 is 0 Å². The Kier molecular flexibility index (Phi) is 2.96. The molecule has 1 aliphatic rings. The van der Waals surface area contributed by atoms with E-state index >= 15 is 0 Å². The lowest BCUT2D eigenvalue weighted by Gasteiger charge is -2.38. The van der Waals surface area contributed by atoms with E-state index in [4.69, 9.17) is 5.11 Å². The van der Waals surface area contributed by atoms with Crippen molar-refractivity contribution in [2.45, 2.75) is 38.6 Å². The van der Waals surface area contributed by atoms with Crippen LogP contribution in [0.5, 0.6) is 0 Å². The molecule has 0 bridgehead atoms. The Bertz CT molecular complexity index is 197. The largest absolute Gasteiger partial charge is 0.394 e. The minimum Gasteiger partial charge on any atom is -0.394 e. The lowest BCUT2D eigenvalue weighted by atomic mass is 9.83. The van der Waals surface area contributed by atoms with Crippen molar-refractivity contribution in [3.63, 3.8) is 0 Å². The van der Waals surface area contributed by atoms with Crippen molar-refractivity contribution in [3.8, 4) is 0 Å². The minimum absolute atomic E-state index is 0.0158. The Hall–Kier alpha value is -0.570. The maximum absolute atomic E-state index is 11.7. The molecule has 0 aromatic carbocycles. The van der Waals surface area contributed by atoms with Crippen molar-refractivity contribution in [1.29, 1.82) is 0 Å². The van der Waals surface area contributed by atoms with Crippen LogP contribution in [0.25, 0.3) is 0 Å². The quantitative estimate of drug-likeness (QED) is 0.713. The second-order valence-corrected chi connectivity index (χ2v) is 4.50. The van der Waals surface area contributed by atoms with E-state index in [0.29, 0.717) is 0 Å². The SMILES string of the molecule is CN(C(=O)C1CCC1)C(C)(C)CO. The molecule has 0 unspecified atom stereocenters. The van der Waals surface area contributed by atoms with Gasteiger partial charge in [-0.3, -0.25) is 4.79 Å². The third-order valence-corrected chi connectivity index (χ3v) is 3.08. The molecule has 1 N–H and O–H groups in total. The molecule has 0 aromatic rings. The summed E-state index contributed by atoms with van der Waals surface area (Å²) in [6.45, 7) is 3.77. The number of amides is 1. The van der Waals surface area contributed by atoms with E-state index in [1.165, 1.54) is 6.42 Å². The highest BCUT2D eigenvalue weighted by molar-refractivity contribution is 5.80. The molecule has 3 heteroatoms. The first-order valence-electron chi connectivity index (χ1n) is 4.87. The maximum Gasteiger partial charge on any atom is 0.225 e. The highest BCUT2D eigenvalue weighted by atomic mass is 16.3. The highest BCUT2D eigenvalue weighted by Gasteiger charge is 2.34. The fourth-order valence-corrected chi connectivity index (χ4v) is 1.33. The first kappa shape index (κ1) is 10.5. The Balaban J connectivity index is 2.55. The van der Waals surface area contributed by atoms with Crippen LogP contribution in [0.1, 0.15) is 33.1 Å². The summed E-state index contributed by atoms with van der Waals surface area (Å²) in [5.41, 5.74) is -0.424. The molecule has 76 valence electrons. The van der Waals surface area contributed by atoms with Gasteiger partial charge in [-0.1, -0.05) is 6.42 Å². The van der Waals surface area contributed by atoms with Gasteiger partial charge < -0.3 is 10.0 Å². The normalized spacial score (nSPS) is 18.2.